The van der Waals surface area contributed by atoms with E-state index >= 15 is 0 Å². The molecule has 1 unspecified atom stereocenters. The van der Waals surface area contributed by atoms with Gasteiger partial charge in [0.05, 0.1) is 24.5 Å². The van der Waals surface area contributed by atoms with Gasteiger partial charge < -0.3 is 9.84 Å². The van der Waals surface area contributed by atoms with Crippen LogP contribution in [0.2, 0.25) is 0 Å². The number of aromatic nitrogens is 1. The van der Waals surface area contributed by atoms with Crippen LogP contribution in [-0.4, -0.2) is 23.1 Å². The number of thiazole rings is 1. The Labute approximate surface area is 119 Å². The number of nitrogens with one attached hydrogen (secondary N) is 1. The molecule has 2 rings (SSSR count). The highest BCUT2D eigenvalue weighted by Gasteiger charge is 2.15. The van der Waals surface area contributed by atoms with E-state index in [1.165, 1.54) is 19.2 Å². The summed E-state index contributed by atoms with van der Waals surface area (Å²) in [6, 6.07) is 3.98. The summed E-state index contributed by atoms with van der Waals surface area (Å²) in [6.07, 6.45) is -0.713. The third-order valence-corrected chi connectivity index (χ3v) is 3.37. The minimum absolute atomic E-state index is 0.0976. The number of carbonyl (C=O) groups is 1. The van der Waals surface area contributed by atoms with Crippen molar-refractivity contribution in [2.24, 2.45) is 0 Å². The molecule has 0 bridgehead atoms. The lowest BCUT2D eigenvalue weighted by Crippen LogP contribution is -2.13. The summed E-state index contributed by atoms with van der Waals surface area (Å²) in [5.74, 6) is -0.935. The van der Waals surface area contributed by atoms with Crippen molar-refractivity contribution in [1.82, 2.24) is 4.98 Å². The number of nitrogens with zero attached hydrogens (tertiary/aromatic N) is 1. The molecule has 1 atom stereocenters. The highest BCUT2D eigenvalue weighted by molar-refractivity contribution is 7.14. The van der Waals surface area contributed by atoms with Crippen LogP contribution in [0, 0.1) is 5.82 Å². The molecule has 2 N–H and O–H groups in total. The van der Waals surface area contributed by atoms with Crippen LogP contribution in [0.3, 0.4) is 0 Å². The maximum Gasteiger partial charge on any atom is 0.260 e. The maximum absolute atomic E-state index is 13.7. The predicted molar refractivity (Wildman–Crippen MR) is 73.7 cm³/mol. The van der Waals surface area contributed by atoms with Crippen molar-refractivity contribution in [2.45, 2.75) is 13.0 Å². The predicted octanol–water partition coefficient (Wildman–Crippen LogP) is 2.60. The Morgan fingerprint density at radius 1 is 1.55 bits per heavy atom. The summed E-state index contributed by atoms with van der Waals surface area (Å²) in [7, 11) is 1.42. The van der Waals surface area contributed by atoms with Crippen LogP contribution in [0.4, 0.5) is 9.52 Å². The van der Waals surface area contributed by atoms with Crippen molar-refractivity contribution < 1.29 is 19.0 Å². The number of benzene rings is 1. The second kappa shape index (κ2) is 5.98. The summed E-state index contributed by atoms with van der Waals surface area (Å²) in [4.78, 5) is 16.0. The standard InChI is InChI=1S/C13H13FN2O3S/c1-7(17)11-6-20-13(15-11)16-12(18)9-4-3-8(19-2)5-10(9)14/h3-7,17H,1-2H3,(H,15,16,18). The highest BCUT2D eigenvalue weighted by Crippen LogP contribution is 2.22. The summed E-state index contributed by atoms with van der Waals surface area (Å²) < 4.78 is 18.6. The van der Waals surface area contributed by atoms with E-state index in [9.17, 15) is 14.3 Å². The molecule has 106 valence electrons. The number of hydrogen-bond donors (Lipinski definition) is 2. The van der Waals surface area contributed by atoms with E-state index < -0.39 is 17.8 Å². The molecule has 2 aromatic rings. The third kappa shape index (κ3) is 3.12. The van der Waals surface area contributed by atoms with Crippen molar-refractivity contribution >= 4 is 22.4 Å². The fourth-order valence-electron chi connectivity index (χ4n) is 1.51. The van der Waals surface area contributed by atoms with Crippen LogP contribution in [-0.2, 0) is 0 Å². The zero-order valence-electron chi connectivity index (χ0n) is 10.9. The van der Waals surface area contributed by atoms with Gasteiger partial charge in [-0.05, 0) is 19.1 Å². The topological polar surface area (TPSA) is 71.5 Å². The first-order chi connectivity index (χ1) is 9.51. The Kier molecular flexibility index (Phi) is 4.31. The van der Waals surface area contributed by atoms with Crippen molar-refractivity contribution in [2.75, 3.05) is 12.4 Å². The molecule has 20 heavy (non-hydrogen) atoms. The van der Waals surface area contributed by atoms with E-state index in [0.29, 0.717) is 16.6 Å². The lowest BCUT2D eigenvalue weighted by molar-refractivity contribution is 0.102. The smallest absolute Gasteiger partial charge is 0.260 e. The second-order valence-electron chi connectivity index (χ2n) is 4.05. The highest BCUT2D eigenvalue weighted by atomic mass is 32.1. The van der Waals surface area contributed by atoms with Crippen LogP contribution in [0.15, 0.2) is 23.6 Å². The first-order valence-electron chi connectivity index (χ1n) is 5.79. The van der Waals surface area contributed by atoms with Crippen LogP contribution in [0.1, 0.15) is 29.1 Å². The Morgan fingerprint density at radius 3 is 2.85 bits per heavy atom. The molecular formula is C13H13FN2O3S. The zero-order valence-corrected chi connectivity index (χ0v) is 11.7. The van der Waals surface area contributed by atoms with Gasteiger partial charge in [-0.3, -0.25) is 10.1 Å². The van der Waals surface area contributed by atoms with Gasteiger partial charge in [0.15, 0.2) is 5.13 Å². The number of anilines is 1. The van der Waals surface area contributed by atoms with Crippen LogP contribution >= 0.6 is 11.3 Å². The normalized spacial score (nSPS) is 12.0. The van der Waals surface area contributed by atoms with Gasteiger partial charge in [-0.25, -0.2) is 9.37 Å². The molecule has 0 saturated carbocycles. The molecule has 0 saturated heterocycles. The number of hydrogen-bond acceptors (Lipinski definition) is 5. The average Bonchev–Trinajstić information content (AvgIpc) is 2.87. The SMILES string of the molecule is COc1ccc(C(=O)Nc2nc(C(C)O)cs2)c(F)c1. The monoisotopic (exact) mass is 296 g/mol. The molecule has 1 aromatic carbocycles. The summed E-state index contributed by atoms with van der Waals surface area (Å²) in [5.41, 5.74) is 0.361. The number of rotatable bonds is 4. The molecule has 1 amide bonds. The van der Waals surface area contributed by atoms with Crippen molar-refractivity contribution in [3.63, 3.8) is 0 Å². The molecule has 5 nitrogen and oxygen atoms in total. The first kappa shape index (κ1) is 14.4. The number of aliphatic hydroxyl groups is 1. The Hall–Kier alpha value is -1.99. The first-order valence-corrected chi connectivity index (χ1v) is 6.67. The Bertz CT molecular complexity index is 628. The lowest BCUT2D eigenvalue weighted by atomic mass is 10.2. The number of amides is 1. The molecule has 0 spiro atoms. The number of aliphatic hydroxyl groups excluding tert-OH is 1. The third-order valence-electron chi connectivity index (χ3n) is 2.59. The van der Waals surface area contributed by atoms with E-state index in [4.69, 9.17) is 4.74 Å². The van der Waals surface area contributed by atoms with Gasteiger partial charge in [-0.2, -0.15) is 0 Å². The number of carbonyl (C=O) groups excluding carboxylic acids is 1. The summed E-state index contributed by atoms with van der Waals surface area (Å²) in [6.45, 7) is 1.57. The number of halogens is 1. The van der Waals surface area contributed by atoms with Gasteiger partial charge in [-0.1, -0.05) is 0 Å². The van der Waals surface area contributed by atoms with E-state index in [1.807, 2.05) is 0 Å². The molecule has 0 aliphatic carbocycles. The van der Waals surface area contributed by atoms with Gasteiger partial charge in [-0.15, -0.1) is 11.3 Å². The van der Waals surface area contributed by atoms with E-state index in [2.05, 4.69) is 10.3 Å². The fourth-order valence-corrected chi connectivity index (χ4v) is 2.30. The van der Waals surface area contributed by atoms with Crippen molar-refractivity contribution in [3.8, 4) is 5.75 Å². The lowest BCUT2D eigenvalue weighted by Gasteiger charge is -2.05. The Balaban J connectivity index is 2.15. The zero-order chi connectivity index (χ0) is 14.7. The van der Waals surface area contributed by atoms with Crippen molar-refractivity contribution in [1.29, 1.82) is 0 Å². The molecular weight excluding hydrogens is 283 g/mol. The molecule has 0 radical (unpaired) electrons. The largest absolute Gasteiger partial charge is 0.497 e. The van der Waals surface area contributed by atoms with Crippen LogP contribution in [0.25, 0.3) is 0 Å². The molecule has 0 aliphatic rings. The molecule has 7 heteroatoms. The van der Waals surface area contributed by atoms with E-state index in [0.717, 1.165) is 17.4 Å². The van der Waals surface area contributed by atoms with E-state index in [-0.39, 0.29) is 5.56 Å². The minimum Gasteiger partial charge on any atom is -0.497 e. The van der Waals surface area contributed by atoms with Gasteiger partial charge in [0.2, 0.25) is 0 Å². The second-order valence-corrected chi connectivity index (χ2v) is 4.91. The summed E-state index contributed by atoms with van der Waals surface area (Å²) in [5, 5.41) is 13.8. The average molecular weight is 296 g/mol. The fraction of sp³-hybridized carbons (Fsp3) is 0.231. The van der Waals surface area contributed by atoms with E-state index in [1.54, 1.807) is 12.3 Å². The quantitative estimate of drug-likeness (QED) is 0.909. The molecule has 1 heterocycles. The molecule has 0 fully saturated rings. The Morgan fingerprint density at radius 2 is 2.30 bits per heavy atom. The van der Waals surface area contributed by atoms with Gasteiger partial charge >= 0.3 is 0 Å². The maximum atomic E-state index is 13.7. The minimum atomic E-state index is -0.713. The molecule has 0 aliphatic heterocycles. The van der Waals surface area contributed by atoms with Gasteiger partial charge in [0, 0.05) is 11.4 Å². The number of methoxy groups -OCH3 is 1. The van der Waals surface area contributed by atoms with Gasteiger partial charge in [0.25, 0.3) is 5.91 Å². The molecule has 1 aromatic heterocycles. The number of ether oxygens (including phenoxy) is 1. The van der Waals surface area contributed by atoms with Gasteiger partial charge in [0.1, 0.15) is 11.6 Å². The van der Waals surface area contributed by atoms with Crippen molar-refractivity contribution in [3.05, 3.63) is 40.7 Å². The van der Waals surface area contributed by atoms with Crippen LogP contribution in [0.5, 0.6) is 5.75 Å². The van der Waals surface area contributed by atoms with Crippen LogP contribution < -0.4 is 10.1 Å². The summed E-state index contributed by atoms with van der Waals surface area (Å²) >= 11 is 1.16.